The van der Waals surface area contributed by atoms with E-state index in [2.05, 4.69) is 31.1 Å². The summed E-state index contributed by atoms with van der Waals surface area (Å²) in [7, 11) is 0. The van der Waals surface area contributed by atoms with Crippen molar-refractivity contribution in [1.29, 1.82) is 0 Å². The molecule has 1 aromatic carbocycles. The summed E-state index contributed by atoms with van der Waals surface area (Å²) in [6.45, 7) is 10.9. The third-order valence-corrected chi connectivity index (χ3v) is 6.37. The summed E-state index contributed by atoms with van der Waals surface area (Å²) >= 11 is 7.76. The Labute approximate surface area is 171 Å². The van der Waals surface area contributed by atoms with Crippen LogP contribution in [0.15, 0.2) is 29.6 Å². The van der Waals surface area contributed by atoms with E-state index < -0.39 is 0 Å². The Balaban J connectivity index is 1.44. The second-order valence-electron chi connectivity index (χ2n) is 8.18. The van der Waals surface area contributed by atoms with E-state index in [0.29, 0.717) is 6.42 Å². The standard InChI is InChI=1S/C21H28ClN3OS/c1-21(2,3)20-23-18(15-27-20)14-24-9-11-25(12-10-24)19(26)8-7-16-5-4-6-17(22)13-16/h4-6,13,15H,7-12,14H2,1-3H3. The van der Waals surface area contributed by atoms with Gasteiger partial charge in [-0.2, -0.15) is 0 Å². The van der Waals surface area contributed by atoms with Crippen LogP contribution in [0.2, 0.25) is 5.02 Å². The Morgan fingerprint density at radius 2 is 1.96 bits per heavy atom. The van der Waals surface area contributed by atoms with Crippen molar-refractivity contribution in [3.05, 3.63) is 50.9 Å². The Bertz CT molecular complexity index is 776. The van der Waals surface area contributed by atoms with E-state index in [1.54, 1.807) is 11.3 Å². The van der Waals surface area contributed by atoms with Crippen LogP contribution in [0.3, 0.4) is 0 Å². The molecular weight excluding hydrogens is 378 g/mol. The van der Waals surface area contributed by atoms with Crippen LogP contribution in [0.1, 0.15) is 43.5 Å². The minimum atomic E-state index is 0.108. The van der Waals surface area contributed by atoms with Gasteiger partial charge in [-0.25, -0.2) is 4.98 Å². The van der Waals surface area contributed by atoms with Crippen LogP contribution < -0.4 is 0 Å². The van der Waals surface area contributed by atoms with Crippen LogP contribution in [0.25, 0.3) is 0 Å². The molecule has 0 radical (unpaired) electrons. The maximum absolute atomic E-state index is 12.5. The van der Waals surface area contributed by atoms with Gasteiger partial charge in [0.05, 0.1) is 10.7 Å². The van der Waals surface area contributed by atoms with Gasteiger partial charge in [-0.05, 0) is 24.1 Å². The summed E-state index contributed by atoms with van der Waals surface area (Å²) in [6.07, 6.45) is 1.29. The van der Waals surface area contributed by atoms with Gasteiger partial charge >= 0.3 is 0 Å². The number of hydrogen-bond acceptors (Lipinski definition) is 4. The van der Waals surface area contributed by atoms with Gasteiger partial charge < -0.3 is 4.90 Å². The van der Waals surface area contributed by atoms with Crippen LogP contribution in [-0.2, 0) is 23.2 Å². The van der Waals surface area contributed by atoms with Crippen molar-refractivity contribution in [2.45, 2.75) is 45.6 Å². The molecular formula is C21H28ClN3OS. The molecule has 4 nitrogen and oxygen atoms in total. The summed E-state index contributed by atoms with van der Waals surface area (Å²) in [4.78, 5) is 21.7. The number of halogens is 1. The summed E-state index contributed by atoms with van der Waals surface area (Å²) in [5.74, 6) is 0.235. The third kappa shape index (κ3) is 5.77. The maximum Gasteiger partial charge on any atom is 0.222 e. The van der Waals surface area contributed by atoms with Crippen molar-refractivity contribution in [2.75, 3.05) is 26.2 Å². The van der Waals surface area contributed by atoms with Gasteiger partial charge in [0.1, 0.15) is 0 Å². The molecule has 3 rings (SSSR count). The Hall–Kier alpha value is -1.43. The van der Waals surface area contributed by atoms with Crippen LogP contribution in [0.4, 0.5) is 0 Å². The molecule has 0 N–H and O–H groups in total. The lowest BCUT2D eigenvalue weighted by molar-refractivity contribution is -0.133. The first kappa shape index (κ1) is 20.3. The number of rotatable bonds is 5. The zero-order chi connectivity index (χ0) is 19.4. The molecule has 0 aliphatic carbocycles. The molecule has 0 bridgehead atoms. The molecule has 0 atom stereocenters. The van der Waals surface area contributed by atoms with Gasteiger partial charge in [0.15, 0.2) is 0 Å². The molecule has 146 valence electrons. The van der Waals surface area contributed by atoms with Gasteiger partial charge in [0.25, 0.3) is 0 Å². The predicted molar refractivity (Wildman–Crippen MR) is 112 cm³/mol. The molecule has 0 saturated carbocycles. The van der Waals surface area contributed by atoms with Crippen LogP contribution in [0.5, 0.6) is 0 Å². The van der Waals surface area contributed by atoms with Crippen molar-refractivity contribution < 1.29 is 4.79 Å². The molecule has 6 heteroatoms. The number of hydrogen-bond donors (Lipinski definition) is 0. The highest BCUT2D eigenvalue weighted by Gasteiger charge is 2.23. The molecule has 1 saturated heterocycles. The monoisotopic (exact) mass is 405 g/mol. The average Bonchev–Trinajstić information content (AvgIpc) is 3.09. The molecule has 1 aromatic heterocycles. The summed E-state index contributed by atoms with van der Waals surface area (Å²) in [6, 6.07) is 7.76. The van der Waals surface area contributed by atoms with Crippen LogP contribution >= 0.6 is 22.9 Å². The fraction of sp³-hybridized carbons (Fsp3) is 0.524. The lowest BCUT2D eigenvalue weighted by atomic mass is 9.98. The third-order valence-electron chi connectivity index (χ3n) is 4.82. The predicted octanol–water partition coefficient (Wildman–Crippen LogP) is 4.37. The van der Waals surface area contributed by atoms with Crippen molar-refractivity contribution in [1.82, 2.24) is 14.8 Å². The minimum absolute atomic E-state index is 0.108. The Morgan fingerprint density at radius 1 is 1.22 bits per heavy atom. The highest BCUT2D eigenvalue weighted by molar-refractivity contribution is 7.09. The fourth-order valence-corrected chi connectivity index (χ4v) is 4.32. The highest BCUT2D eigenvalue weighted by atomic mass is 35.5. The molecule has 2 aromatic rings. The summed E-state index contributed by atoms with van der Waals surface area (Å²) < 4.78 is 0. The molecule has 2 heterocycles. The van der Waals surface area contributed by atoms with Gasteiger partial charge in [-0.1, -0.05) is 44.5 Å². The lowest BCUT2D eigenvalue weighted by Gasteiger charge is -2.34. The normalized spacial score (nSPS) is 15.9. The first-order chi connectivity index (χ1) is 12.8. The molecule has 1 amide bonds. The van der Waals surface area contributed by atoms with Crippen molar-refractivity contribution in [3.8, 4) is 0 Å². The van der Waals surface area contributed by atoms with E-state index in [0.717, 1.165) is 55.4 Å². The van der Waals surface area contributed by atoms with Gasteiger partial charge in [0, 0.05) is 55.0 Å². The van der Waals surface area contributed by atoms with E-state index in [9.17, 15) is 4.79 Å². The van der Waals surface area contributed by atoms with Crippen LogP contribution in [0, 0.1) is 0 Å². The molecule has 1 aliphatic heterocycles. The number of aryl methyl sites for hydroxylation is 1. The van der Waals surface area contributed by atoms with Crippen molar-refractivity contribution in [2.24, 2.45) is 0 Å². The number of carbonyl (C=O) groups is 1. The first-order valence-electron chi connectivity index (χ1n) is 9.51. The number of nitrogens with zero attached hydrogens (tertiary/aromatic N) is 3. The largest absolute Gasteiger partial charge is 0.340 e. The molecule has 27 heavy (non-hydrogen) atoms. The molecule has 0 unspecified atom stereocenters. The minimum Gasteiger partial charge on any atom is -0.340 e. The molecule has 0 spiro atoms. The van der Waals surface area contributed by atoms with Gasteiger partial charge in [-0.15, -0.1) is 11.3 Å². The zero-order valence-electron chi connectivity index (χ0n) is 16.4. The molecule has 1 fully saturated rings. The van der Waals surface area contributed by atoms with E-state index in [1.165, 1.54) is 5.01 Å². The van der Waals surface area contributed by atoms with Gasteiger partial charge in [-0.3, -0.25) is 9.69 Å². The quantitative estimate of drug-likeness (QED) is 0.741. The van der Waals surface area contributed by atoms with Gasteiger partial charge in [0.2, 0.25) is 5.91 Å². The number of benzene rings is 1. The first-order valence-corrected chi connectivity index (χ1v) is 10.8. The second-order valence-corrected chi connectivity index (χ2v) is 9.48. The fourth-order valence-electron chi connectivity index (χ4n) is 3.21. The van der Waals surface area contributed by atoms with E-state index in [-0.39, 0.29) is 11.3 Å². The highest BCUT2D eigenvalue weighted by Crippen LogP contribution is 2.26. The van der Waals surface area contributed by atoms with E-state index >= 15 is 0 Å². The number of aromatic nitrogens is 1. The van der Waals surface area contributed by atoms with E-state index in [1.807, 2.05) is 29.2 Å². The SMILES string of the molecule is CC(C)(C)c1nc(CN2CCN(C(=O)CCc3cccc(Cl)c3)CC2)cs1. The van der Waals surface area contributed by atoms with E-state index in [4.69, 9.17) is 16.6 Å². The summed E-state index contributed by atoms with van der Waals surface area (Å²) in [5, 5.41) is 4.08. The number of amides is 1. The zero-order valence-corrected chi connectivity index (χ0v) is 17.9. The van der Waals surface area contributed by atoms with Crippen LogP contribution in [-0.4, -0.2) is 46.9 Å². The number of piperazine rings is 1. The number of thiazole rings is 1. The second kappa shape index (κ2) is 8.72. The summed E-state index contributed by atoms with van der Waals surface area (Å²) in [5.41, 5.74) is 2.37. The number of carbonyl (C=O) groups excluding carboxylic acids is 1. The molecule has 1 aliphatic rings. The topological polar surface area (TPSA) is 36.4 Å². The smallest absolute Gasteiger partial charge is 0.222 e. The lowest BCUT2D eigenvalue weighted by Crippen LogP contribution is -2.48. The Kier molecular flexibility index (Phi) is 6.56. The van der Waals surface area contributed by atoms with Crippen molar-refractivity contribution in [3.63, 3.8) is 0 Å². The van der Waals surface area contributed by atoms with Crippen molar-refractivity contribution >= 4 is 28.8 Å². The average molecular weight is 406 g/mol. The maximum atomic E-state index is 12.5. The Morgan fingerprint density at radius 3 is 2.59 bits per heavy atom.